The van der Waals surface area contributed by atoms with Gasteiger partial charge >= 0.3 is 0 Å². The maximum atomic E-state index is 13.2. The molecule has 1 unspecified atom stereocenters. The molecule has 0 aromatic heterocycles. The van der Waals surface area contributed by atoms with Gasteiger partial charge in [-0.2, -0.15) is 5.26 Å². The maximum absolute atomic E-state index is 13.2. The number of hydrogen-bond acceptors (Lipinski definition) is 1. The molecule has 0 bridgehead atoms. The standard InChI is InChI=1S/C11H10FN/c1-9(8-13)11(12)7-10-5-3-2-4-6-10/h2-6,11H,1,7H2. The first-order valence-corrected chi connectivity index (χ1v) is 4.01. The molecule has 0 aliphatic heterocycles. The van der Waals surface area contributed by atoms with Crippen molar-refractivity contribution >= 4 is 0 Å². The third-order valence-electron chi connectivity index (χ3n) is 1.78. The van der Waals surface area contributed by atoms with Crippen molar-refractivity contribution < 1.29 is 4.39 Å². The van der Waals surface area contributed by atoms with Gasteiger partial charge in [0.15, 0.2) is 0 Å². The van der Waals surface area contributed by atoms with Gasteiger partial charge in [-0.05, 0) is 5.56 Å². The molecule has 0 saturated heterocycles. The highest BCUT2D eigenvalue weighted by molar-refractivity contribution is 5.25. The van der Waals surface area contributed by atoms with E-state index in [-0.39, 0.29) is 12.0 Å². The molecule has 0 fully saturated rings. The zero-order valence-corrected chi connectivity index (χ0v) is 7.20. The number of nitriles is 1. The monoisotopic (exact) mass is 175 g/mol. The van der Waals surface area contributed by atoms with Crippen LogP contribution < -0.4 is 0 Å². The molecule has 1 atom stereocenters. The first kappa shape index (κ1) is 9.47. The molecule has 0 aliphatic rings. The zero-order valence-electron chi connectivity index (χ0n) is 7.20. The molecule has 13 heavy (non-hydrogen) atoms. The van der Waals surface area contributed by atoms with E-state index in [1.165, 1.54) is 0 Å². The van der Waals surface area contributed by atoms with Gasteiger partial charge in [0.1, 0.15) is 6.17 Å². The number of hydrogen-bond donors (Lipinski definition) is 0. The predicted molar refractivity (Wildman–Crippen MR) is 49.8 cm³/mol. The number of rotatable bonds is 3. The Kier molecular flexibility index (Phi) is 3.22. The SMILES string of the molecule is C=C(C#N)C(F)Cc1ccccc1. The average Bonchev–Trinajstić information content (AvgIpc) is 2.18. The lowest BCUT2D eigenvalue weighted by Gasteiger charge is -2.04. The summed E-state index contributed by atoms with van der Waals surface area (Å²) in [5.41, 5.74) is 0.871. The third kappa shape index (κ3) is 2.72. The van der Waals surface area contributed by atoms with Crippen LogP contribution in [-0.4, -0.2) is 6.17 Å². The fraction of sp³-hybridized carbons (Fsp3) is 0.182. The molecule has 1 nitrogen and oxygen atoms in total. The van der Waals surface area contributed by atoms with Gasteiger partial charge in [-0.3, -0.25) is 0 Å². The Morgan fingerprint density at radius 2 is 2.08 bits per heavy atom. The van der Waals surface area contributed by atoms with Crippen molar-refractivity contribution in [1.29, 1.82) is 5.26 Å². The molecule has 0 spiro atoms. The molecule has 2 heteroatoms. The highest BCUT2D eigenvalue weighted by Gasteiger charge is 2.10. The minimum atomic E-state index is -1.26. The predicted octanol–water partition coefficient (Wildman–Crippen LogP) is 2.65. The van der Waals surface area contributed by atoms with E-state index in [0.717, 1.165) is 5.56 Å². The van der Waals surface area contributed by atoms with Crippen molar-refractivity contribution in [3.05, 3.63) is 48.0 Å². The fourth-order valence-corrected chi connectivity index (χ4v) is 1.01. The molecular weight excluding hydrogens is 165 g/mol. The summed E-state index contributed by atoms with van der Waals surface area (Å²) < 4.78 is 13.2. The van der Waals surface area contributed by atoms with Crippen molar-refractivity contribution in [2.75, 3.05) is 0 Å². The first-order chi connectivity index (χ1) is 6.24. The molecular formula is C11H10FN. The van der Waals surface area contributed by atoms with Gasteiger partial charge < -0.3 is 0 Å². The van der Waals surface area contributed by atoms with Gasteiger partial charge in [0, 0.05) is 6.42 Å². The number of allylic oxidation sites excluding steroid dienone is 1. The van der Waals surface area contributed by atoms with E-state index >= 15 is 0 Å². The van der Waals surface area contributed by atoms with Crippen molar-refractivity contribution in [3.63, 3.8) is 0 Å². The molecule has 0 amide bonds. The number of alkyl halides is 1. The smallest absolute Gasteiger partial charge is 0.138 e. The second-order valence-corrected chi connectivity index (χ2v) is 2.79. The van der Waals surface area contributed by atoms with Crippen LogP contribution in [0.4, 0.5) is 4.39 Å². The van der Waals surface area contributed by atoms with Crippen molar-refractivity contribution in [1.82, 2.24) is 0 Å². The summed E-state index contributed by atoms with van der Waals surface area (Å²) in [6, 6.07) is 10.9. The van der Waals surface area contributed by atoms with Gasteiger partial charge in [0.05, 0.1) is 11.6 Å². The van der Waals surface area contributed by atoms with E-state index in [1.807, 2.05) is 30.3 Å². The van der Waals surface area contributed by atoms with E-state index in [4.69, 9.17) is 5.26 Å². The summed E-state index contributed by atoms with van der Waals surface area (Å²) in [4.78, 5) is 0. The number of halogens is 1. The molecule has 0 radical (unpaired) electrons. The molecule has 0 N–H and O–H groups in total. The fourth-order valence-electron chi connectivity index (χ4n) is 1.01. The maximum Gasteiger partial charge on any atom is 0.138 e. The van der Waals surface area contributed by atoms with Crippen LogP contribution in [0, 0.1) is 11.3 Å². The largest absolute Gasteiger partial charge is 0.241 e. The van der Waals surface area contributed by atoms with Crippen LogP contribution in [0.25, 0.3) is 0 Å². The summed E-state index contributed by atoms with van der Waals surface area (Å²) in [6.07, 6.45) is -1.03. The zero-order chi connectivity index (χ0) is 9.68. The van der Waals surface area contributed by atoms with Crippen LogP contribution in [0.2, 0.25) is 0 Å². The molecule has 1 aromatic carbocycles. The Morgan fingerprint density at radius 3 is 2.62 bits per heavy atom. The van der Waals surface area contributed by atoms with E-state index in [9.17, 15) is 4.39 Å². The van der Waals surface area contributed by atoms with Crippen LogP contribution in [-0.2, 0) is 6.42 Å². The second-order valence-electron chi connectivity index (χ2n) is 2.79. The van der Waals surface area contributed by atoms with Crippen LogP contribution in [0.1, 0.15) is 5.56 Å². The Morgan fingerprint density at radius 1 is 1.46 bits per heavy atom. The Labute approximate surface area is 77.1 Å². The van der Waals surface area contributed by atoms with Gasteiger partial charge in [0.25, 0.3) is 0 Å². The van der Waals surface area contributed by atoms with E-state index in [1.54, 1.807) is 6.07 Å². The van der Waals surface area contributed by atoms with Gasteiger partial charge in [-0.25, -0.2) is 4.39 Å². The summed E-state index contributed by atoms with van der Waals surface area (Å²) in [5.74, 6) is 0. The number of benzene rings is 1. The molecule has 1 rings (SSSR count). The molecule has 0 heterocycles. The molecule has 1 aromatic rings. The lowest BCUT2D eigenvalue weighted by molar-refractivity contribution is 0.388. The highest BCUT2D eigenvalue weighted by Crippen LogP contribution is 2.11. The Balaban J connectivity index is 2.61. The Hall–Kier alpha value is -1.62. The second kappa shape index (κ2) is 4.42. The highest BCUT2D eigenvalue weighted by atomic mass is 19.1. The molecule has 0 saturated carbocycles. The first-order valence-electron chi connectivity index (χ1n) is 4.01. The summed E-state index contributed by atoms with van der Waals surface area (Å²) >= 11 is 0. The molecule has 66 valence electrons. The Bertz CT molecular complexity index is 324. The van der Waals surface area contributed by atoms with Crippen molar-refractivity contribution in [2.24, 2.45) is 0 Å². The minimum absolute atomic E-state index is 0.0103. The van der Waals surface area contributed by atoms with Crippen molar-refractivity contribution in [3.8, 4) is 6.07 Å². The van der Waals surface area contributed by atoms with Crippen LogP contribution in [0.15, 0.2) is 42.5 Å². The topological polar surface area (TPSA) is 23.8 Å². The normalized spacial score (nSPS) is 11.7. The molecule has 0 aliphatic carbocycles. The average molecular weight is 175 g/mol. The van der Waals surface area contributed by atoms with Gasteiger partial charge in [-0.15, -0.1) is 0 Å². The summed E-state index contributed by atoms with van der Waals surface area (Å²) in [5, 5.41) is 8.39. The van der Waals surface area contributed by atoms with Gasteiger partial charge in [0.2, 0.25) is 0 Å². The quantitative estimate of drug-likeness (QED) is 0.648. The lowest BCUT2D eigenvalue weighted by atomic mass is 10.0. The van der Waals surface area contributed by atoms with E-state index < -0.39 is 6.17 Å². The summed E-state index contributed by atoms with van der Waals surface area (Å²) in [6.45, 7) is 3.33. The third-order valence-corrected chi connectivity index (χ3v) is 1.78. The lowest BCUT2D eigenvalue weighted by Crippen LogP contribution is -2.05. The van der Waals surface area contributed by atoms with Crippen molar-refractivity contribution in [2.45, 2.75) is 12.6 Å². The summed E-state index contributed by atoms with van der Waals surface area (Å²) in [7, 11) is 0. The minimum Gasteiger partial charge on any atom is -0.241 e. The van der Waals surface area contributed by atoms with Crippen LogP contribution in [0.5, 0.6) is 0 Å². The van der Waals surface area contributed by atoms with Crippen LogP contribution in [0.3, 0.4) is 0 Å². The van der Waals surface area contributed by atoms with E-state index in [2.05, 4.69) is 6.58 Å². The van der Waals surface area contributed by atoms with Gasteiger partial charge in [-0.1, -0.05) is 36.9 Å². The van der Waals surface area contributed by atoms with E-state index in [0.29, 0.717) is 0 Å². The van der Waals surface area contributed by atoms with Crippen LogP contribution >= 0.6 is 0 Å². The number of nitrogens with zero attached hydrogens (tertiary/aromatic N) is 1.